The highest BCUT2D eigenvalue weighted by atomic mass is 15.0. The second-order valence-corrected chi connectivity index (χ2v) is 12.3. The highest BCUT2D eigenvalue weighted by Gasteiger charge is 2.15. The molecule has 2 nitrogen and oxygen atoms in total. The van der Waals surface area contributed by atoms with Crippen molar-refractivity contribution in [1.29, 1.82) is 0 Å². The molecule has 224 valence electrons. The summed E-state index contributed by atoms with van der Waals surface area (Å²) in [4.78, 5) is 0. The molecule has 10 aromatic rings. The Labute approximate surface area is 285 Å². The van der Waals surface area contributed by atoms with E-state index >= 15 is 0 Å². The second kappa shape index (κ2) is 10.6. The Morgan fingerprint density at radius 2 is 0.812 bits per heavy atom. The van der Waals surface area contributed by atoms with Gasteiger partial charge in [0, 0.05) is 32.9 Å². The number of aromatic nitrogens is 2. The quantitative estimate of drug-likeness (QED) is 0.186. The minimum Gasteiger partial charge on any atom is -0.309 e. The van der Waals surface area contributed by atoms with Gasteiger partial charge >= 0.3 is 0 Å². The predicted molar refractivity (Wildman–Crippen MR) is 203 cm³/mol. The Kier molecular flexibility index (Phi) is 4.89. The standard InChI is InChI=1S/C46H30N2/c1-2-12-37(13-3-1)47-43-16-8-6-14-39(43)41-26-23-35(29-45(41)47)32-18-20-33(21-19-32)36-24-27-42-40-15-7-9-17-44(40)48(46(42)30-36)38-25-22-31-10-4-5-11-34(31)28-38/h1-30H/i1D,2D,3D,12D,13D. The van der Waals surface area contributed by atoms with Crippen LogP contribution in [0.4, 0.5) is 0 Å². The Morgan fingerprint density at radius 1 is 0.333 bits per heavy atom. The Bertz CT molecular complexity index is 3090. The van der Waals surface area contributed by atoms with Crippen LogP contribution >= 0.6 is 0 Å². The highest BCUT2D eigenvalue weighted by Crippen LogP contribution is 2.37. The molecule has 0 fully saturated rings. The van der Waals surface area contributed by atoms with Crippen LogP contribution in [0.2, 0.25) is 0 Å². The number of hydrogen-bond donors (Lipinski definition) is 0. The first-order valence-electron chi connectivity index (χ1n) is 18.6. The lowest BCUT2D eigenvalue weighted by Crippen LogP contribution is -1.94. The van der Waals surface area contributed by atoms with E-state index in [1.165, 1.54) is 27.1 Å². The van der Waals surface area contributed by atoms with Gasteiger partial charge in [-0.15, -0.1) is 0 Å². The van der Waals surface area contributed by atoms with Crippen LogP contribution < -0.4 is 0 Å². The van der Waals surface area contributed by atoms with Crippen molar-refractivity contribution in [2.24, 2.45) is 0 Å². The molecule has 2 aromatic heterocycles. The topological polar surface area (TPSA) is 9.86 Å². The highest BCUT2D eigenvalue weighted by molar-refractivity contribution is 6.11. The monoisotopic (exact) mass is 615 g/mol. The van der Waals surface area contributed by atoms with Crippen LogP contribution in [0, 0.1) is 0 Å². The summed E-state index contributed by atoms with van der Waals surface area (Å²) < 4.78 is 46.6. The number of fused-ring (bicyclic) bond motifs is 7. The molecule has 0 aliphatic heterocycles. The molecule has 48 heavy (non-hydrogen) atoms. The molecule has 10 rings (SSSR count). The van der Waals surface area contributed by atoms with Gasteiger partial charge in [-0.2, -0.15) is 0 Å². The van der Waals surface area contributed by atoms with Crippen molar-refractivity contribution in [1.82, 2.24) is 9.13 Å². The van der Waals surface area contributed by atoms with Crippen molar-refractivity contribution in [2.45, 2.75) is 0 Å². The molecule has 0 spiro atoms. The van der Waals surface area contributed by atoms with Gasteiger partial charge in [0.25, 0.3) is 0 Å². The third-order valence-corrected chi connectivity index (χ3v) is 9.60. The van der Waals surface area contributed by atoms with Gasteiger partial charge in [-0.1, -0.05) is 133 Å². The molecule has 0 N–H and O–H groups in total. The maximum Gasteiger partial charge on any atom is 0.0645 e. The van der Waals surface area contributed by atoms with Crippen LogP contribution in [-0.4, -0.2) is 9.13 Å². The summed E-state index contributed by atoms with van der Waals surface area (Å²) in [6.45, 7) is 0. The molecule has 0 bridgehead atoms. The average molecular weight is 616 g/mol. The first-order chi connectivity index (χ1) is 25.9. The zero-order valence-electron chi connectivity index (χ0n) is 30.8. The zero-order valence-corrected chi connectivity index (χ0v) is 25.8. The van der Waals surface area contributed by atoms with Gasteiger partial charge < -0.3 is 9.13 Å². The van der Waals surface area contributed by atoms with Crippen LogP contribution in [0.5, 0.6) is 0 Å². The van der Waals surface area contributed by atoms with Gasteiger partial charge in [0.05, 0.1) is 28.9 Å². The van der Waals surface area contributed by atoms with E-state index in [-0.39, 0.29) is 29.9 Å². The van der Waals surface area contributed by atoms with Gasteiger partial charge in [-0.25, -0.2) is 0 Å². The van der Waals surface area contributed by atoms with Crippen molar-refractivity contribution in [3.63, 3.8) is 0 Å². The molecular formula is C46H30N2. The first-order valence-corrected chi connectivity index (χ1v) is 16.1. The molecule has 0 radical (unpaired) electrons. The van der Waals surface area contributed by atoms with Crippen molar-refractivity contribution < 1.29 is 6.85 Å². The van der Waals surface area contributed by atoms with E-state index in [0.717, 1.165) is 55.3 Å². The van der Waals surface area contributed by atoms with E-state index in [9.17, 15) is 0 Å². The van der Waals surface area contributed by atoms with E-state index in [1.807, 2.05) is 28.8 Å². The summed E-state index contributed by atoms with van der Waals surface area (Å²) in [5, 5.41) is 6.74. The molecule has 0 aliphatic carbocycles. The largest absolute Gasteiger partial charge is 0.309 e. The SMILES string of the molecule is [2H]c1c([2H])c([2H])c(-n2c3ccccc3c3ccc(-c4ccc(-c5ccc6c7ccccc7n(-c7ccc8ccccc8c7)c6c5)cc4)cc32)c([2H])c1[2H]. The van der Waals surface area contributed by atoms with Gasteiger partial charge in [0.15, 0.2) is 0 Å². The molecule has 0 saturated carbocycles. The number of hydrogen-bond acceptors (Lipinski definition) is 0. The molecule has 0 saturated heterocycles. The summed E-state index contributed by atoms with van der Waals surface area (Å²) in [7, 11) is 0. The summed E-state index contributed by atoms with van der Waals surface area (Å²) in [5.41, 5.74) is 9.34. The van der Waals surface area contributed by atoms with Crippen molar-refractivity contribution in [3.05, 3.63) is 182 Å². The van der Waals surface area contributed by atoms with Crippen LogP contribution in [0.3, 0.4) is 0 Å². The first kappa shape index (κ1) is 22.2. The summed E-state index contributed by atoms with van der Waals surface area (Å²) in [5.74, 6) is 0. The molecule has 2 heterocycles. The van der Waals surface area contributed by atoms with E-state index < -0.39 is 6.04 Å². The van der Waals surface area contributed by atoms with Crippen molar-refractivity contribution >= 4 is 54.4 Å². The lowest BCUT2D eigenvalue weighted by Gasteiger charge is -2.11. The van der Waals surface area contributed by atoms with Crippen molar-refractivity contribution in [2.75, 3.05) is 0 Å². The molecule has 0 unspecified atom stereocenters. The van der Waals surface area contributed by atoms with E-state index in [0.29, 0.717) is 0 Å². The van der Waals surface area contributed by atoms with Crippen LogP contribution in [0.25, 0.3) is 88.0 Å². The summed E-state index contributed by atoms with van der Waals surface area (Å²) in [6.07, 6.45) is 0. The smallest absolute Gasteiger partial charge is 0.0645 e. The third kappa shape index (κ3) is 4.13. The lowest BCUT2D eigenvalue weighted by molar-refractivity contribution is 1.18. The zero-order chi connectivity index (χ0) is 36.0. The number of benzene rings is 8. The molecule has 0 amide bonds. The minimum absolute atomic E-state index is 0.145. The van der Waals surface area contributed by atoms with Gasteiger partial charge in [-0.05, 0) is 81.5 Å². The Hall–Kier alpha value is -6.38. The fraction of sp³-hybridized carbons (Fsp3) is 0. The lowest BCUT2D eigenvalue weighted by atomic mass is 9.98. The molecular weight excluding hydrogens is 581 g/mol. The molecule has 2 heteroatoms. The normalized spacial score (nSPS) is 13.2. The number of nitrogens with zero attached hydrogens (tertiary/aromatic N) is 2. The maximum absolute atomic E-state index is 8.77. The summed E-state index contributed by atoms with van der Waals surface area (Å²) in [6, 6.07) is 51.4. The number of rotatable bonds is 4. The maximum atomic E-state index is 8.77. The second-order valence-electron chi connectivity index (χ2n) is 12.3. The predicted octanol–water partition coefficient (Wildman–Crippen LogP) is 12.4. The van der Waals surface area contributed by atoms with Gasteiger partial charge in [-0.3, -0.25) is 0 Å². The van der Waals surface area contributed by atoms with Gasteiger partial charge in [0.2, 0.25) is 0 Å². The van der Waals surface area contributed by atoms with E-state index in [4.69, 9.17) is 6.85 Å². The molecule has 0 atom stereocenters. The average Bonchev–Trinajstić information content (AvgIpc) is 3.71. The van der Waals surface area contributed by atoms with E-state index in [1.54, 1.807) is 0 Å². The molecule has 0 aliphatic rings. The number of para-hydroxylation sites is 3. The van der Waals surface area contributed by atoms with Crippen LogP contribution in [0.15, 0.2) is 182 Å². The Morgan fingerprint density at radius 3 is 1.42 bits per heavy atom. The van der Waals surface area contributed by atoms with Crippen molar-refractivity contribution in [3.8, 4) is 33.6 Å². The van der Waals surface area contributed by atoms with Gasteiger partial charge in [0.1, 0.15) is 0 Å². The summed E-state index contributed by atoms with van der Waals surface area (Å²) >= 11 is 0. The molecule has 8 aromatic carbocycles. The van der Waals surface area contributed by atoms with Crippen LogP contribution in [0.1, 0.15) is 6.85 Å². The van der Waals surface area contributed by atoms with Crippen LogP contribution in [-0.2, 0) is 0 Å². The Balaban J connectivity index is 1.09. The van der Waals surface area contributed by atoms with E-state index in [2.05, 4.69) is 132 Å². The minimum atomic E-state index is -0.403. The fourth-order valence-corrected chi connectivity index (χ4v) is 7.35. The third-order valence-electron chi connectivity index (χ3n) is 9.60. The fourth-order valence-electron chi connectivity index (χ4n) is 7.35.